The van der Waals surface area contributed by atoms with E-state index in [2.05, 4.69) is 21.9 Å². The van der Waals surface area contributed by atoms with Gasteiger partial charge in [0.2, 0.25) is 0 Å². The molecule has 0 bridgehead atoms. The van der Waals surface area contributed by atoms with E-state index in [1.165, 1.54) is 7.11 Å². The molecule has 150 valence electrons. The van der Waals surface area contributed by atoms with Gasteiger partial charge in [0.05, 0.1) is 12.5 Å². The number of likely N-dealkylation sites (N-methyl/N-ethyl adjacent to an activating group) is 1. The number of H-pyrrole nitrogens is 2. The number of aromatic amines is 2. The van der Waals surface area contributed by atoms with E-state index in [1.807, 2.05) is 42.6 Å². The molecule has 0 fully saturated rings. The number of ether oxygens (including phenoxy) is 1. The molecule has 30 heavy (non-hydrogen) atoms. The van der Waals surface area contributed by atoms with Crippen LogP contribution in [0.2, 0.25) is 10.0 Å². The number of aromatic nitrogens is 2. The Bertz CT molecular complexity index is 1390. The van der Waals surface area contributed by atoms with Crippen LogP contribution in [-0.4, -0.2) is 36.6 Å². The van der Waals surface area contributed by atoms with Crippen molar-refractivity contribution in [1.29, 1.82) is 0 Å². The summed E-state index contributed by atoms with van der Waals surface area (Å²) >= 11 is 12.8. The average molecular weight is 438 g/mol. The standard InChI is InChI=1S/C23H17Cl2N3O2/c1-28-10-23(15-8-12(25)4-6-17(15)28)19-14(9-26-20(19)22(29)30-2)18-13-7-11(24)3-5-16(13)27-21(18)23/h3-9,26-27H,10H2,1-2H3. The third-order valence-electron chi connectivity index (χ3n) is 6.46. The lowest BCUT2D eigenvalue weighted by Crippen LogP contribution is -2.34. The molecular weight excluding hydrogens is 421 g/mol. The Morgan fingerprint density at radius 1 is 1.17 bits per heavy atom. The number of nitrogens with zero attached hydrogens (tertiary/aromatic N) is 1. The van der Waals surface area contributed by atoms with Crippen LogP contribution < -0.4 is 4.90 Å². The van der Waals surface area contributed by atoms with E-state index >= 15 is 0 Å². The monoisotopic (exact) mass is 437 g/mol. The van der Waals surface area contributed by atoms with E-state index in [-0.39, 0.29) is 5.97 Å². The number of hydrogen-bond donors (Lipinski definition) is 2. The highest BCUT2D eigenvalue weighted by Crippen LogP contribution is 2.60. The number of anilines is 1. The lowest BCUT2D eigenvalue weighted by molar-refractivity contribution is 0.0592. The normalized spacial score (nSPS) is 18.7. The van der Waals surface area contributed by atoms with Crippen LogP contribution in [0.1, 0.15) is 27.3 Å². The highest BCUT2D eigenvalue weighted by atomic mass is 35.5. The Labute approximate surface area is 182 Å². The first-order valence-electron chi connectivity index (χ1n) is 9.59. The summed E-state index contributed by atoms with van der Waals surface area (Å²) < 4.78 is 5.10. The lowest BCUT2D eigenvalue weighted by Gasteiger charge is -2.27. The molecule has 3 heterocycles. The molecular formula is C23H17Cl2N3O2. The maximum absolute atomic E-state index is 12.7. The van der Waals surface area contributed by atoms with Crippen molar-refractivity contribution in [3.8, 4) is 11.1 Å². The molecule has 4 aromatic rings. The Balaban J connectivity index is 1.79. The molecule has 0 saturated carbocycles. The number of esters is 1. The summed E-state index contributed by atoms with van der Waals surface area (Å²) in [6.45, 7) is 0.672. The summed E-state index contributed by atoms with van der Waals surface area (Å²) in [5.41, 5.74) is 7.08. The smallest absolute Gasteiger partial charge is 0.354 e. The minimum atomic E-state index is -0.575. The molecule has 2 aromatic heterocycles. The van der Waals surface area contributed by atoms with Crippen molar-refractivity contribution in [2.24, 2.45) is 0 Å². The van der Waals surface area contributed by atoms with Crippen LogP contribution in [0, 0.1) is 0 Å². The molecule has 6 rings (SSSR count). The number of fused-ring (bicyclic) bond motifs is 9. The molecule has 1 unspecified atom stereocenters. The van der Waals surface area contributed by atoms with Gasteiger partial charge in [-0.1, -0.05) is 23.2 Å². The number of rotatable bonds is 1. The van der Waals surface area contributed by atoms with Crippen LogP contribution in [0.4, 0.5) is 5.69 Å². The van der Waals surface area contributed by atoms with Crippen molar-refractivity contribution in [2.75, 3.05) is 25.6 Å². The SMILES string of the molecule is COC(=O)c1[nH]cc2c1C1(CN(C)c3ccc(Cl)cc31)c1[nH]c3ccc(Cl)cc3c1-2. The van der Waals surface area contributed by atoms with Crippen molar-refractivity contribution in [3.63, 3.8) is 0 Å². The van der Waals surface area contributed by atoms with Crippen molar-refractivity contribution < 1.29 is 9.53 Å². The van der Waals surface area contributed by atoms with E-state index in [1.54, 1.807) is 0 Å². The first kappa shape index (κ1) is 17.9. The fourth-order valence-electron chi connectivity index (χ4n) is 5.35. The molecule has 0 saturated heterocycles. The van der Waals surface area contributed by atoms with Crippen molar-refractivity contribution in [2.45, 2.75) is 5.41 Å². The zero-order chi connectivity index (χ0) is 20.8. The van der Waals surface area contributed by atoms with Crippen LogP contribution >= 0.6 is 23.2 Å². The lowest BCUT2D eigenvalue weighted by atomic mass is 9.76. The molecule has 1 spiro atoms. The van der Waals surface area contributed by atoms with Crippen LogP contribution in [0.15, 0.2) is 42.6 Å². The molecule has 2 aliphatic rings. The highest BCUT2D eigenvalue weighted by molar-refractivity contribution is 6.31. The molecule has 1 aliphatic carbocycles. The molecule has 0 radical (unpaired) electrons. The second-order valence-corrected chi connectivity index (χ2v) is 8.80. The predicted octanol–water partition coefficient (Wildman–Crippen LogP) is 5.35. The van der Waals surface area contributed by atoms with Gasteiger partial charge in [-0.3, -0.25) is 0 Å². The zero-order valence-electron chi connectivity index (χ0n) is 16.3. The first-order valence-corrected chi connectivity index (χ1v) is 10.3. The second-order valence-electron chi connectivity index (χ2n) is 7.93. The summed E-state index contributed by atoms with van der Waals surface area (Å²) in [5.74, 6) is -0.388. The quantitative estimate of drug-likeness (QED) is 0.394. The maximum Gasteiger partial charge on any atom is 0.354 e. The van der Waals surface area contributed by atoms with Crippen LogP contribution in [0.25, 0.3) is 22.0 Å². The van der Waals surface area contributed by atoms with Crippen molar-refractivity contribution >= 4 is 45.8 Å². The Hall–Kier alpha value is -2.89. The summed E-state index contributed by atoms with van der Waals surface area (Å²) in [6.07, 6.45) is 1.89. The molecule has 2 aromatic carbocycles. The van der Waals surface area contributed by atoms with Gasteiger partial charge >= 0.3 is 5.97 Å². The molecule has 2 N–H and O–H groups in total. The Kier molecular flexibility index (Phi) is 3.49. The molecule has 5 nitrogen and oxygen atoms in total. The number of benzene rings is 2. The molecule has 1 aliphatic heterocycles. The minimum Gasteiger partial charge on any atom is -0.464 e. The van der Waals surface area contributed by atoms with E-state index < -0.39 is 5.41 Å². The predicted molar refractivity (Wildman–Crippen MR) is 119 cm³/mol. The first-order chi connectivity index (χ1) is 14.5. The van der Waals surface area contributed by atoms with Gasteiger partial charge in [0.1, 0.15) is 5.69 Å². The van der Waals surface area contributed by atoms with Gasteiger partial charge in [-0.25, -0.2) is 4.79 Å². The fraction of sp³-hybridized carbons (Fsp3) is 0.174. The average Bonchev–Trinajstić information content (AvgIpc) is 3.43. The van der Waals surface area contributed by atoms with Gasteiger partial charge in [0, 0.05) is 68.8 Å². The van der Waals surface area contributed by atoms with Gasteiger partial charge in [-0.2, -0.15) is 0 Å². The molecule has 0 amide bonds. The van der Waals surface area contributed by atoms with E-state index in [4.69, 9.17) is 27.9 Å². The van der Waals surface area contributed by atoms with Crippen molar-refractivity contribution in [1.82, 2.24) is 9.97 Å². The van der Waals surface area contributed by atoms with Crippen LogP contribution in [0.5, 0.6) is 0 Å². The topological polar surface area (TPSA) is 61.1 Å². The van der Waals surface area contributed by atoms with E-state index in [9.17, 15) is 4.79 Å². The third kappa shape index (κ3) is 2.02. The highest BCUT2D eigenvalue weighted by Gasteiger charge is 2.55. The van der Waals surface area contributed by atoms with Crippen molar-refractivity contribution in [3.05, 3.63) is 75.2 Å². The van der Waals surface area contributed by atoms with Crippen LogP contribution in [0.3, 0.4) is 0 Å². The van der Waals surface area contributed by atoms with Gasteiger partial charge in [-0.15, -0.1) is 0 Å². The summed E-state index contributed by atoms with van der Waals surface area (Å²) in [6, 6.07) is 11.8. The Morgan fingerprint density at radius 3 is 2.73 bits per heavy atom. The Morgan fingerprint density at radius 2 is 1.93 bits per heavy atom. The number of carbonyl (C=O) groups is 1. The maximum atomic E-state index is 12.7. The number of hydrogen-bond acceptors (Lipinski definition) is 3. The number of halogens is 2. The fourth-order valence-corrected chi connectivity index (χ4v) is 5.70. The van der Waals surface area contributed by atoms with Gasteiger partial charge in [-0.05, 0) is 42.0 Å². The number of nitrogens with one attached hydrogen (secondary N) is 2. The van der Waals surface area contributed by atoms with Gasteiger partial charge < -0.3 is 19.6 Å². The summed E-state index contributed by atoms with van der Waals surface area (Å²) in [7, 11) is 3.46. The summed E-state index contributed by atoms with van der Waals surface area (Å²) in [5, 5.41) is 2.36. The van der Waals surface area contributed by atoms with Gasteiger partial charge in [0.25, 0.3) is 0 Å². The third-order valence-corrected chi connectivity index (χ3v) is 6.93. The molecule has 7 heteroatoms. The van der Waals surface area contributed by atoms with Crippen LogP contribution in [-0.2, 0) is 10.2 Å². The van der Waals surface area contributed by atoms with E-state index in [0.29, 0.717) is 22.3 Å². The number of carbonyl (C=O) groups excluding carboxylic acids is 1. The molecule has 1 atom stereocenters. The minimum absolute atomic E-state index is 0.388. The van der Waals surface area contributed by atoms with E-state index in [0.717, 1.165) is 44.5 Å². The van der Waals surface area contributed by atoms with Gasteiger partial charge in [0.15, 0.2) is 0 Å². The number of methoxy groups -OCH3 is 1. The summed E-state index contributed by atoms with van der Waals surface area (Å²) in [4.78, 5) is 21.7. The largest absolute Gasteiger partial charge is 0.464 e. The second kappa shape index (κ2) is 5.84. The zero-order valence-corrected chi connectivity index (χ0v) is 17.8.